The lowest BCUT2D eigenvalue weighted by molar-refractivity contribution is -0.164. The minimum Gasteiger partial charge on any atom is -0.490 e. The molecule has 2 aliphatic rings. The van der Waals surface area contributed by atoms with E-state index < -0.39 is 11.5 Å². The molecular formula is C21H29FN2O4. The van der Waals surface area contributed by atoms with Crippen LogP contribution in [0.1, 0.15) is 44.9 Å². The van der Waals surface area contributed by atoms with Crippen LogP contribution in [0.3, 0.4) is 0 Å². The van der Waals surface area contributed by atoms with Gasteiger partial charge in [0.05, 0.1) is 19.6 Å². The van der Waals surface area contributed by atoms with E-state index in [0.29, 0.717) is 18.9 Å². The van der Waals surface area contributed by atoms with Crippen molar-refractivity contribution in [3.63, 3.8) is 0 Å². The van der Waals surface area contributed by atoms with Gasteiger partial charge in [0.25, 0.3) is 0 Å². The van der Waals surface area contributed by atoms with Crippen molar-refractivity contribution < 1.29 is 23.5 Å². The van der Waals surface area contributed by atoms with Crippen molar-refractivity contribution in [2.75, 3.05) is 26.3 Å². The van der Waals surface area contributed by atoms with Crippen molar-refractivity contribution in [1.29, 1.82) is 0 Å². The number of nitrogens with zero attached hydrogens (tertiary/aromatic N) is 1. The Kier molecular flexibility index (Phi) is 6.88. The molecule has 1 aliphatic heterocycles. The molecule has 1 saturated heterocycles. The molecule has 1 atom stereocenters. The van der Waals surface area contributed by atoms with Crippen molar-refractivity contribution in [1.82, 2.24) is 4.90 Å². The molecule has 0 spiro atoms. The summed E-state index contributed by atoms with van der Waals surface area (Å²) in [4.78, 5) is 26.6. The average molecular weight is 392 g/mol. The van der Waals surface area contributed by atoms with Crippen LogP contribution in [0, 0.1) is 11.7 Å². The maximum Gasteiger partial charge on any atom is 0.225 e. The topological polar surface area (TPSA) is 81.9 Å². The number of amides is 2. The van der Waals surface area contributed by atoms with Gasteiger partial charge in [-0.3, -0.25) is 9.59 Å². The first-order valence-corrected chi connectivity index (χ1v) is 10.1. The SMILES string of the molecule is NC(=O)C[C@@]1(COc2ccc(F)cc2)CN(C(=O)C2CCCCCC2)CCO1. The third-order valence-electron chi connectivity index (χ3n) is 5.58. The van der Waals surface area contributed by atoms with E-state index in [4.69, 9.17) is 15.2 Å². The van der Waals surface area contributed by atoms with Crippen LogP contribution in [-0.2, 0) is 14.3 Å². The van der Waals surface area contributed by atoms with Crippen molar-refractivity contribution in [3.05, 3.63) is 30.1 Å². The van der Waals surface area contributed by atoms with Gasteiger partial charge in [0.1, 0.15) is 23.8 Å². The van der Waals surface area contributed by atoms with Crippen LogP contribution < -0.4 is 10.5 Å². The first-order chi connectivity index (χ1) is 13.5. The van der Waals surface area contributed by atoms with Gasteiger partial charge in [0, 0.05) is 12.5 Å². The van der Waals surface area contributed by atoms with Gasteiger partial charge < -0.3 is 20.1 Å². The first-order valence-electron chi connectivity index (χ1n) is 10.1. The Morgan fingerprint density at radius 1 is 1.18 bits per heavy atom. The monoisotopic (exact) mass is 392 g/mol. The normalized spacial score (nSPS) is 23.8. The number of carbonyl (C=O) groups excluding carboxylic acids is 2. The van der Waals surface area contributed by atoms with Crippen LogP contribution in [-0.4, -0.2) is 48.6 Å². The summed E-state index contributed by atoms with van der Waals surface area (Å²) in [6, 6.07) is 5.65. The average Bonchev–Trinajstić information content (AvgIpc) is 2.96. The number of primary amides is 1. The molecule has 28 heavy (non-hydrogen) atoms. The van der Waals surface area contributed by atoms with Crippen LogP contribution in [0.25, 0.3) is 0 Å². The minimum absolute atomic E-state index is 0.0390. The fraction of sp³-hybridized carbons (Fsp3) is 0.619. The Morgan fingerprint density at radius 3 is 2.50 bits per heavy atom. The fourth-order valence-corrected chi connectivity index (χ4v) is 4.13. The van der Waals surface area contributed by atoms with E-state index in [9.17, 15) is 14.0 Å². The van der Waals surface area contributed by atoms with Gasteiger partial charge in [-0.1, -0.05) is 25.7 Å². The second-order valence-corrected chi connectivity index (χ2v) is 7.87. The van der Waals surface area contributed by atoms with E-state index in [2.05, 4.69) is 0 Å². The Hall–Kier alpha value is -2.15. The summed E-state index contributed by atoms with van der Waals surface area (Å²) in [7, 11) is 0. The molecule has 2 fully saturated rings. The summed E-state index contributed by atoms with van der Waals surface area (Å²) in [6.45, 7) is 1.17. The number of halogens is 1. The van der Waals surface area contributed by atoms with E-state index >= 15 is 0 Å². The summed E-state index contributed by atoms with van der Waals surface area (Å²) >= 11 is 0. The number of nitrogens with two attached hydrogens (primary N) is 1. The molecule has 1 heterocycles. The van der Waals surface area contributed by atoms with Crippen molar-refractivity contribution in [3.8, 4) is 5.75 Å². The molecule has 0 aromatic heterocycles. The molecule has 0 unspecified atom stereocenters. The molecule has 0 bridgehead atoms. The van der Waals surface area contributed by atoms with Crippen LogP contribution >= 0.6 is 0 Å². The number of ether oxygens (including phenoxy) is 2. The number of morpholine rings is 1. The molecule has 3 rings (SSSR count). The zero-order chi connectivity index (χ0) is 20.0. The predicted octanol–water partition coefficient (Wildman–Crippen LogP) is 2.65. The highest BCUT2D eigenvalue weighted by atomic mass is 19.1. The number of hydrogen-bond donors (Lipinski definition) is 1. The molecular weight excluding hydrogens is 363 g/mol. The van der Waals surface area contributed by atoms with Gasteiger partial charge in [0.2, 0.25) is 11.8 Å². The zero-order valence-corrected chi connectivity index (χ0v) is 16.2. The third-order valence-corrected chi connectivity index (χ3v) is 5.58. The van der Waals surface area contributed by atoms with Gasteiger partial charge in [-0.2, -0.15) is 0 Å². The summed E-state index contributed by atoms with van der Waals surface area (Å²) in [5, 5.41) is 0. The van der Waals surface area contributed by atoms with E-state index in [1.54, 1.807) is 4.90 Å². The van der Waals surface area contributed by atoms with E-state index in [1.165, 1.54) is 37.1 Å². The van der Waals surface area contributed by atoms with Crippen LogP contribution in [0.4, 0.5) is 4.39 Å². The van der Waals surface area contributed by atoms with Crippen LogP contribution in [0.2, 0.25) is 0 Å². The fourth-order valence-electron chi connectivity index (χ4n) is 4.13. The largest absolute Gasteiger partial charge is 0.490 e. The summed E-state index contributed by atoms with van der Waals surface area (Å²) in [5.74, 6) is -0.202. The molecule has 1 aromatic rings. The molecule has 1 aromatic carbocycles. The van der Waals surface area contributed by atoms with Crippen molar-refractivity contribution in [2.24, 2.45) is 11.7 Å². The van der Waals surface area contributed by atoms with E-state index in [-0.39, 0.29) is 37.2 Å². The van der Waals surface area contributed by atoms with E-state index in [1.807, 2.05) is 0 Å². The summed E-state index contributed by atoms with van der Waals surface area (Å²) in [6.07, 6.45) is 6.34. The van der Waals surface area contributed by atoms with Crippen LogP contribution in [0.5, 0.6) is 5.75 Å². The number of hydrogen-bond acceptors (Lipinski definition) is 4. The summed E-state index contributed by atoms with van der Waals surface area (Å²) < 4.78 is 24.8. The second kappa shape index (κ2) is 9.37. The molecule has 1 aliphatic carbocycles. The highest BCUT2D eigenvalue weighted by Gasteiger charge is 2.42. The quantitative estimate of drug-likeness (QED) is 0.755. The van der Waals surface area contributed by atoms with Gasteiger partial charge in [-0.05, 0) is 37.1 Å². The molecule has 6 nitrogen and oxygen atoms in total. The molecule has 154 valence electrons. The molecule has 1 saturated carbocycles. The second-order valence-electron chi connectivity index (χ2n) is 7.87. The molecule has 2 amide bonds. The Bertz CT molecular complexity index is 673. The van der Waals surface area contributed by atoms with Crippen molar-refractivity contribution in [2.45, 2.75) is 50.5 Å². The molecule has 0 radical (unpaired) electrons. The van der Waals surface area contributed by atoms with Gasteiger partial charge in [-0.15, -0.1) is 0 Å². The predicted molar refractivity (Wildman–Crippen MR) is 102 cm³/mol. The highest BCUT2D eigenvalue weighted by molar-refractivity contribution is 5.79. The zero-order valence-electron chi connectivity index (χ0n) is 16.2. The highest BCUT2D eigenvalue weighted by Crippen LogP contribution is 2.29. The lowest BCUT2D eigenvalue weighted by atomic mass is 9.94. The Labute approximate surface area is 165 Å². The minimum atomic E-state index is -0.987. The van der Waals surface area contributed by atoms with E-state index in [0.717, 1.165) is 25.7 Å². The van der Waals surface area contributed by atoms with Gasteiger partial charge >= 0.3 is 0 Å². The number of carbonyl (C=O) groups is 2. The van der Waals surface area contributed by atoms with Gasteiger partial charge in [0.15, 0.2) is 0 Å². The smallest absolute Gasteiger partial charge is 0.225 e. The van der Waals surface area contributed by atoms with Crippen molar-refractivity contribution >= 4 is 11.8 Å². The van der Waals surface area contributed by atoms with Crippen LogP contribution in [0.15, 0.2) is 24.3 Å². The first kappa shape index (κ1) is 20.6. The standard InChI is InChI=1S/C21H29FN2O4/c22-17-7-9-18(10-8-17)27-15-21(13-19(23)25)14-24(11-12-28-21)20(26)16-5-3-1-2-4-6-16/h7-10,16H,1-6,11-15H2,(H2,23,25)/t21-/m0/s1. The van der Waals surface area contributed by atoms with Gasteiger partial charge in [-0.25, -0.2) is 4.39 Å². The molecule has 2 N–H and O–H groups in total. The Balaban J connectivity index is 1.69. The molecule has 7 heteroatoms. The number of benzene rings is 1. The summed E-state index contributed by atoms with van der Waals surface area (Å²) in [5.41, 5.74) is 4.47. The maximum atomic E-state index is 13.1. The lowest BCUT2D eigenvalue weighted by Crippen LogP contribution is -2.58. The number of rotatable bonds is 6. The lowest BCUT2D eigenvalue weighted by Gasteiger charge is -2.42. The third kappa shape index (κ3) is 5.44. The Morgan fingerprint density at radius 2 is 1.86 bits per heavy atom. The maximum absolute atomic E-state index is 13.1.